The summed E-state index contributed by atoms with van der Waals surface area (Å²) in [6.45, 7) is 5.71. The molecule has 2 amide bonds. The molecule has 0 radical (unpaired) electrons. The quantitative estimate of drug-likeness (QED) is 0.380. The van der Waals surface area contributed by atoms with Gasteiger partial charge in [0.15, 0.2) is 5.58 Å². The first kappa shape index (κ1) is 24.7. The van der Waals surface area contributed by atoms with Crippen LogP contribution >= 0.6 is 0 Å². The van der Waals surface area contributed by atoms with E-state index in [-0.39, 0.29) is 12.3 Å². The van der Waals surface area contributed by atoms with Gasteiger partial charge in [0, 0.05) is 30.8 Å². The van der Waals surface area contributed by atoms with Crippen molar-refractivity contribution >= 4 is 40.5 Å². The number of fused-ring (bicyclic) bond motifs is 1. The molecule has 1 aromatic heterocycles. The monoisotopic (exact) mass is 470 g/mol. The topological polar surface area (TPSA) is 124 Å². The second-order valence-electron chi connectivity index (χ2n) is 8.47. The van der Waals surface area contributed by atoms with E-state index in [0.29, 0.717) is 53.0 Å². The largest absolute Gasteiger partial charge is 0.497 e. The molecule has 34 heavy (non-hydrogen) atoms. The lowest BCUT2D eigenvalue weighted by Gasteiger charge is -2.19. The maximum atomic E-state index is 12.3. The van der Waals surface area contributed by atoms with E-state index in [1.165, 1.54) is 7.11 Å². The first-order valence-electron chi connectivity index (χ1n) is 10.8. The normalized spacial score (nSPS) is 11.1. The summed E-state index contributed by atoms with van der Waals surface area (Å²) in [6, 6.07) is 10.9. The van der Waals surface area contributed by atoms with E-state index < -0.39 is 11.7 Å². The molecule has 3 aromatic rings. The van der Waals surface area contributed by atoms with Crippen molar-refractivity contribution in [2.24, 2.45) is 0 Å². The molecule has 10 heteroatoms. The molecule has 0 spiro atoms. The fourth-order valence-corrected chi connectivity index (χ4v) is 3.05. The van der Waals surface area contributed by atoms with Crippen molar-refractivity contribution in [1.82, 2.24) is 10.3 Å². The van der Waals surface area contributed by atoms with Gasteiger partial charge in [0.25, 0.3) is 6.01 Å². The summed E-state index contributed by atoms with van der Waals surface area (Å²) in [6.07, 6.45) is 0.216. The highest BCUT2D eigenvalue weighted by molar-refractivity contribution is 5.91. The van der Waals surface area contributed by atoms with E-state index in [0.717, 1.165) is 0 Å². The van der Waals surface area contributed by atoms with Crippen molar-refractivity contribution < 1.29 is 28.2 Å². The minimum atomic E-state index is -0.560. The predicted molar refractivity (Wildman–Crippen MR) is 129 cm³/mol. The van der Waals surface area contributed by atoms with Gasteiger partial charge in [0.05, 0.1) is 19.9 Å². The van der Waals surface area contributed by atoms with Crippen molar-refractivity contribution in [2.75, 3.05) is 31.4 Å². The average molecular weight is 471 g/mol. The van der Waals surface area contributed by atoms with Gasteiger partial charge in [-0.3, -0.25) is 4.79 Å². The second kappa shape index (κ2) is 10.8. The van der Waals surface area contributed by atoms with E-state index in [2.05, 4.69) is 20.9 Å². The van der Waals surface area contributed by atoms with Crippen LogP contribution in [0.1, 0.15) is 33.6 Å². The molecule has 0 bridgehead atoms. The number of carbonyl (C=O) groups is 2. The number of carbonyl (C=O) groups excluding carboxylic acids is 2. The zero-order valence-electron chi connectivity index (χ0n) is 20.0. The first-order valence-corrected chi connectivity index (χ1v) is 10.8. The van der Waals surface area contributed by atoms with Gasteiger partial charge in [-0.2, -0.15) is 4.98 Å². The highest BCUT2D eigenvalue weighted by Crippen LogP contribution is 2.32. The number of hydrogen-bond acceptors (Lipinski definition) is 8. The van der Waals surface area contributed by atoms with Crippen molar-refractivity contribution in [2.45, 2.75) is 39.2 Å². The first-order chi connectivity index (χ1) is 16.2. The molecule has 2 aromatic carbocycles. The number of benzene rings is 2. The summed E-state index contributed by atoms with van der Waals surface area (Å²) in [5.41, 5.74) is 1.92. The summed E-state index contributed by atoms with van der Waals surface area (Å²) >= 11 is 0. The number of aromatic nitrogens is 1. The van der Waals surface area contributed by atoms with E-state index in [4.69, 9.17) is 18.6 Å². The molecule has 0 atom stereocenters. The maximum Gasteiger partial charge on any atom is 0.407 e. The molecule has 10 nitrogen and oxygen atoms in total. The van der Waals surface area contributed by atoms with Gasteiger partial charge >= 0.3 is 6.09 Å². The number of rotatable bonds is 9. The fraction of sp³-hybridized carbons (Fsp3) is 0.375. The highest BCUT2D eigenvalue weighted by atomic mass is 16.6. The summed E-state index contributed by atoms with van der Waals surface area (Å²) in [5, 5.41) is 8.55. The average Bonchev–Trinajstić information content (AvgIpc) is 3.18. The van der Waals surface area contributed by atoms with Gasteiger partial charge < -0.3 is 34.6 Å². The van der Waals surface area contributed by atoms with Gasteiger partial charge in [0.2, 0.25) is 5.91 Å². The minimum absolute atomic E-state index is 0.179. The lowest BCUT2D eigenvalue weighted by Crippen LogP contribution is -2.33. The van der Waals surface area contributed by atoms with E-state index in [9.17, 15) is 9.59 Å². The number of anilines is 3. The van der Waals surface area contributed by atoms with Crippen LogP contribution in [0.3, 0.4) is 0 Å². The molecule has 0 aliphatic rings. The Hall–Kier alpha value is -3.95. The molecular weight excluding hydrogens is 440 g/mol. The van der Waals surface area contributed by atoms with Gasteiger partial charge in [-0.25, -0.2) is 4.79 Å². The Balaban J connectivity index is 1.54. The Morgan fingerprint density at radius 1 is 1.06 bits per heavy atom. The van der Waals surface area contributed by atoms with Crippen LogP contribution < -0.4 is 25.4 Å². The van der Waals surface area contributed by atoms with E-state index >= 15 is 0 Å². The van der Waals surface area contributed by atoms with Crippen LogP contribution in [-0.2, 0) is 9.53 Å². The third-order valence-corrected chi connectivity index (χ3v) is 4.57. The van der Waals surface area contributed by atoms with E-state index in [1.807, 2.05) is 0 Å². The van der Waals surface area contributed by atoms with Crippen LogP contribution in [0.5, 0.6) is 11.5 Å². The molecular formula is C24H30N4O6. The Bertz CT molecular complexity index is 1150. The standard InChI is InChI=1S/C24H30N4O6/c1-24(2,3)34-23(30)25-12-6-7-21(29)26-15-8-10-17(20(13-15)32-5)27-22-28-18-14-16(31-4)9-11-19(18)33-22/h8-11,13-14H,6-7,12H2,1-5H3,(H,25,30)(H,26,29)(H,27,28). The van der Waals surface area contributed by atoms with Gasteiger partial charge in [-0.1, -0.05) is 0 Å². The second-order valence-corrected chi connectivity index (χ2v) is 8.47. The minimum Gasteiger partial charge on any atom is -0.497 e. The molecule has 0 fully saturated rings. The van der Waals surface area contributed by atoms with Crippen LogP contribution in [0.4, 0.5) is 22.2 Å². The zero-order chi connectivity index (χ0) is 24.7. The number of amides is 2. The number of alkyl carbamates (subject to hydrolysis) is 1. The van der Waals surface area contributed by atoms with Gasteiger partial charge in [0.1, 0.15) is 22.6 Å². The van der Waals surface area contributed by atoms with Gasteiger partial charge in [-0.15, -0.1) is 0 Å². The zero-order valence-corrected chi connectivity index (χ0v) is 20.0. The summed E-state index contributed by atoms with van der Waals surface area (Å²) in [7, 11) is 3.12. The Morgan fingerprint density at radius 2 is 1.85 bits per heavy atom. The van der Waals surface area contributed by atoms with Crippen LogP contribution in [0.15, 0.2) is 40.8 Å². The van der Waals surface area contributed by atoms with Crippen LogP contribution in [0.25, 0.3) is 11.1 Å². The van der Waals surface area contributed by atoms with E-state index in [1.54, 1.807) is 64.3 Å². The van der Waals surface area contributed by atoms with Crippen LogP contribution in [-0.4, -0.2) is 43.3 Å². The molecule has 182 valence electrons. The maximum absolute atomic E-state index is 12.3. The Kier molecular flexibility index (Phi) is 7.83. The van der Waals surface area contributed by atoms with Crippen molar-refractivity contribution in [1.29, 1.82) is 0 Å². The van der Waals surface area contributed by atoms with Crippen LogP contribution in [0.2, 0.25) is 0 Å². The third kappa shape index (κ3) is 7.03. The highest BCUT2D eigenvalue weighted by Gasteiger charge is 2.16. The van der Waals surface area contributed by atoms with Crippen LogP contribution in [0, 0.1) is 0 Å². The molecule has 1 heterocycles. The molecule has 0 saturated carbocycles. The van der Waals surface area contributed by atoms with Gasteiger partial charge in [-0.05, 0) is 51.5 Å². The summed E-state index contributed by atoms with van der Waals surface area (Å²) in [5.74, 6) is 1.01. The smallest absolute Gasteiger partial charge is 0.407 e. The van der Waals surface area contributed by atoms with Crippen molar-refractivity contribution in [3.63, 3.8) is 0 Å². The molecule has 3 N–H and O–H groups in total. The molecule has 0 unspecified atom stereocenters. The molecule has 0 aliphatic carbocycles. The fourth-order valence-electron chi connectivity index (χ4n) is 3.05. The molecule has 0 saturated heterocycles. The van der Waals surface area contributed by atoms with Crippen molar-refractivity contribution in [3.8, 4) is 11.5 Å². The third-order valence-electron chi connectivity index (χ3n) is 4.57. The molecule has 0 aliphatic heterocycles. The number of nitrogens with zero attached hydrogens (tertiary/aromatic N) is 1. The molecule has 3 rings (SSSR count). The number of ether oxygens (including phenoxy) is 3. The van der Waals surface area contributed by atoms with Crippen molar-refractivity contribution in [3.05, 3.63) is 36.4 Å². The number of hydrogen-bond donors (Lipinski definition) is 3. The number of oxazole rings is 1. The number of methoxy groups -OCH3 is 2. The Labute approximate surface area is 198 Å². The number of nitrogens with one attached hydrogen (secondary N) is 3. The Morgan fingerprint density at radius 3 is 2.56 bits per heavy atom. The summed E-state index contributed by atoms with van der Waals surface area (Å²) in [4.78, 5) is 28.3. The SMILES string of the molecule is COc1ccc2oc(Nc3ccc(NC(=O)CCCNC(=O)OC(C)(C)C)cc3OC)nc2c1. The summed E-state index contributed by atoms with van der Waals surface area (Å²) < 4.78 is 21.5. The lowest BCUT2D eigenvalue weighted by atomic mass is 10.2. The predicted octanol–water partition coefficient (Wildman–Crippen LogP) is 4.83. The lowest BCUT2D eigenvalue weighted by molar-refractivity contribution is -0.116.